The lowest BCUT2D eigenvalue weighted by Gasteiger charge is -2.35. The molecule has 0 bridgehead atoms. The van der Waals surface area contributed by atoms with Gasteiger partial charge >= 0.3 is 0 Å². The molecule has 1 fully saturated rings. The zero-order valence-corrected chi connectivity index (χ0v) is 11.2. The predicted molar refractivity (Wildman–Crippen MR) is 74.6 cm³/mol. The fourth-order valence-electron chi connectivity index (χ4n) is 2.57. The van der Waals surface area contributed by atoms with Gasteiger partial charge in [0.1, 0.15) is 6.07 Å². The van der Waals surface area contributed by atoms with Crippen molar-refractivity contribution < 1.29 is 4.79 Å². The zero-order chi connectivity index (χ0) is 13.7. The molecule has 0 saturated carbocycles. The lowest BCUT2D eigenvalue weighted by Crippen LogP contribution is -2.47. The minimum absolute atomic E-state index is 0.0184. The van der Waals surface area contributed by atoms with E-state index in [1.807, 2.05) is 13.0 Å². The number of anilines is 1. The SMILES string of the molecule is CCC1(C(=O)Nc2ccccc2C#N)CCCNC1. The molecule has 1 aromatic rings. The molecule has 4 heteroatoms. The molecule has 1 saturated heterocycles. The van der Waals surface area contributed by atoms with Gasteiger partial charge in [-0.05, 0) is 37.9 Å². The average Bonchev–Trinajstić information content (AvgIpc) is 2.48. The number of benzene rings is 1. The Morgan fingerprint density at radius 2 is 2.32 bits per heavy atom. The quantitative estimate of drug-likeness (QED) is 0.873. The van der Waals surface area contributed by atoms with Crippen LogP contribution in [0.25, 0.3) is 0 Å². The first-order chi connectivity index (χ1) is 9.22. The number of amides is 1. The Kier molecular flexibility index (Phi) is 4.18. The van der Waals surface area contributed by atoms with Crippen LogP contribution in [0.15, 0.2) is 24.3 Å². The Labute approximate surface area is 113 Å². The summed E-state index contributed by atoms with van der Waals surface area (Å²) in [5.41, 5.74) is 0.764. The third-order valence-electron chi connectivity index (χ3n) is 3.93. The van der Waals surface area contributed by atoms with E-state index in [1.165, 1.54) is 0 Å². The summed E-state index contributed by atoms with van der Waals surface area (Å²) in [7, 11) is 0. The third kappa shape index (κ3) is 2.77. The van der Waals surface area contributed by atoms with E-state index in [-0.39, 0.29) is 11.3 Å². The van der Waals surface area contributed by atoms with Crippen LogP contribution in [0.2, 0.25) is 0 Å². The first kappa shape index (κ1) is 13.6. The van der Waals surface area contributed by atoms with Crippen molar-refractivity contribution in [3.05, 3.63) is 29.8 Å². The highest BCUT2D eigenvalue weighted by Gasteiger charge is 2.37. The van der Waals surface area contributed by atoms with Crippen LogP contribution in [-0.4, -0.2) is 19.0 Å². The van der Waals surface area contributed by atoms with Crippen molar-refractivity contribution in [2.24, 2.45) is 5.41 Å². The van der Waals surface area contributed by atoms with Gasteiger partial charge in [0.2, 0.25) is 5.91 Å². The highest BCUT2D eigenvalue weighted by Crippen LogP contribution is 2.31. The summed E-state index contributed by atoms with van der Waals surface area (Å²) >= 11 is 0. The third-order valence-corrected chi connectivity index (χ3v) is 3.93. The largest absolute Gasteiger partial charge is 0.324 e. The number of rotatable bonds is 3. The van der Waals surface area contributed by atoms with Gasteiger partial charge in [0.25, 0.3) is 0 Å². The lowest BCUT2D eigenvalue weighted by atomic mass is 9.77. The second-order valence-electron chi connectivity index (χ2n) is 5.03. The van der Waals surface area contributed by atoms with Crippen molar-refractivity contribution in [2.75, 3.05) is 18.4 Å². The number of para-hydroxylation sites is 1. The van der Waals surface area contributed by atoms with Gasteiger partial charge in [-0.25, -0.2) is 0 Å². The highest BCUT2D eigenvalue weighted by molar-refractivity contribution is 5.96. The lowest BCUT2D eigenvalue weighted by molar-refractivity contribution is -0.126. The molecular weight excluding hydrogens is 238 g/mol. The van der Waals surface area contributed by atoms with E-state index in [0.717, 1.165) is 25.8 Å². The fourth-order valence-corrected chi connectivity index (χ4v) is 2.57. The van der Waals surface area contributed by atoms with Gasteiger partial charge < -0.3 is 10.6 Å². The Balaban J connectivity index is 2.18. The van der Waals surface area contributed by atoms with E-state index in [2.05, 4.69) is 16.7 Å². The standard InChI is InChI=1S/C15H19N3O/c1-2-15(8-5-9-17-11-15)14(19)18-13-7-4-3-6-12(13)10-16/h3-4,6-7,17H,2,5,8-9,11H2,1H3,(H,18,19). The molecule has 0 radical (unpaired) electrons. The summed E-state index contributed by atoms with van der Waals surface area (Å²) in [5.74, 6) is 0.0184. The van der Waals surface area contributed by atoms with Crippen LogP contribution in [0.3, 0.4) is 0 Å². The normalized spacial score (nSPS) is 22.5. The second kappa shape index (κ2) is 5.85. The maximum atomic E-state index is 12.5. The summed E-state index contributed by atoms with van der Waals surface area (Å²) in [6, 6.07) is 9.22. The van der Waals surface area contributed by atoms with Crippen molar-refractivity contribution in [1.82, 2.24) is 5.32 Å². The summed E-state index contributed by atoms with van der Waals surface area (Å²) in [6.07, 6.45) is 2.72. The van der Waals surface area contributed by atoms with Crippen LogP contribution in [0.5, 0.6) is 0 Å². The highest BCUT2D eigenvalue weighted by atomic mass is 16.2. The summed E-state index contributed by atoms with van der Waals surface area (Å²) < 4.78 is 0. The molecule has 1 atom stereocenters. The maximum Gasteiger partial charge on any atom is 0.231 e. The monoisotopic (exact) mass is 257 g/mol. The molecule has 0 spiro atoms. The minimum atomic E-state index is -0.346. The topological polar surface area (TPSA) is 64.9 Å². The van der Waals surface area contributed by atoms with Crippen LogP contribution in [0.4, 0.5) is 5.69 Å². The van der Waals surface area contributed by atoms with Crippen LogP contribution in [0, 0.1) is 16.7 Å². The number of carbonyl (C=O) groups is 1. The van der Waals surface area contributed by atoms with E-state index in [0.29, 0.717) is 17.8 Å². The van der Waals surface area contributed by atoms with Gasteiger partial charge in [-0.15, -0.1) is 0 Å². The first-order valence-electron chi connectivity index (χ1n) is 6.73. The molecule has 1 aliphatic rings. The number of nitrogens with zero attached hydrogens (tertiary/aromatic N) is 1. The number of hydrogen-bond acceptors (Lipinski definition) is 3. The number of piperidine rings is 1. The van der Waals surface area contributed by atoms with Crippen molar-refractivity contribution in [1.29, 1.82) is 5.26 Å². The Morgan fingerprint density at radius 1 is 1.53 bits per heavy atom. The Morgan fingerprint density at radius 3 is 2.95 bits per heavy atom. The summed E-state index contributed by atoms with van der Waals surface area (Å²) in [5, 5.41) is 15.3. The van der Waals surface area contributed by atoms with Crippen molar-refractivity contribution in [3.8, 4) is 6.07 Å². The van der Waals surface area contributed by atoms with E-state index >= 15 is 0 Å². The van der Waals surface area contributed by atoms with Crippen LogP contribution < -0.4 is 10.6 Å². The molecule has 1 aromatic carbocycles. The smallest absolute Gasteiger partial charge is 0.231 e. The van der Waals surface area contributed by atoms with Gasteiger partial charge in [0.05, 0.1) is 16.7 Å². The molecule has 0 aliphatic carbocycles. The first-order valence-corrected chi connectivity index (χ1v) is 6.73. The number of nitriles is 1. The number of carbonyl (C=O) groups excluding carboxylic acids is 1. The van der Waals surface area contributed by atoms with Gasteiger partial charge in [-0.3, -0.25) is 4.79 Å². The fraction of sp³-hybridized carbons (Fsp3) is 0.467. The van der Waals surface area contributed by atoms with Crippen molar-refractivity contribution >= 4 is 11.6 Å². The second-order valence-corrected chi connectivity index (χ2v) is 5.03. The predicted octanol–water partition coefficient (Wildman–Crippen LogP) is 2.28. The van der Waals surface area contributed by atoms with Crippen LogP contribution in [0.1, 0.15) is 31.7 Å². The molecule has 100 valence electrons. The van der Waals surface area contributed by atoms with E-state index in [9.17, 15) is 4.79 Å². The average molecular weight is 257 g/mol. The number of nitrogens with one attached hydrogen (secondary N) is 2. The van der Waals surface area contributed by atoms with E-state index in [1.54, 1.807) is 18.2 Å². The number of hydrogen-bond donors (Lipinski definition) is 2. The van der Waals surface area contributed by atoms with E-state index in [4.69, 9.17) is 5.26 Å². The van der Waals surface area contributed by atoms with Gasteiger partial charge in [0, 0.05) is 6.54 Å². The molecular formula is C15H19N3O. The molecule has 4 nitrogen and oxygen atoms in total. The van der Waals surface area contributed by atoms with E-state index < -0.39 is 0 Å². The molecule has 2 rings (SSSR count). The molecule has 1 heterocycles. The molecule has 2 N–H and O–H groups in total. The molecule has 1 amide bonds. The molecule has 19 heavy (non-hydrogen) atoms. The Hall–Kier alpha value is -1.86. The molecule has 0 aromatic heterocycles. The van der Waals surface area contributed by atoms with Crippen LogP contribution in [-0.2, 0) is 4.79 Å². The van der Waals surface area contributed by atoms with Gasteiger partial charge in [-0.2, -0.15) is 5.26 Å². The summed E-state index contributed by atoms with van der Waals surface area (Å²) in [4.78, 5) is 12.5. The van der Waals surface area contributed by atoms with Crippen molar-refractivity contribution in [3.63, 3.8) is 0 Å². The van der Waals surface area contributed by atoms with Crippen LogP contribution >= 0.6 is 0 Å². The Bertz CT molecular complexity index is 498. The maximum absolute atomic E-state index is 12.5. The summed E-state index contributed by atoms with van der Waals surface area (Å²) in [6.45, 7) is 3.73. The molecule has 1 aliphatic heterocycles. The van der Waals surface area contributed by atoms with Gasteiger partial charge in [0.15, 0.2) is 0 Å². The minimum Gasteiger partial charge on any atom is -0.324 e. The van der Waals surface area contributed by atoms with Gasteiger partial charge in [-0.1, -0.05) is 19.1 Å². The van der Waals surface area contributed by atoms with Crippen molar-refractivity contribution in [2.45, 2.75) is 26.2 Å². The molecule has 1 unspecified atom stereocenters. The zero-order valence-electron chi connectivity index (χ0n) is 11.2.